The monoisotopic (exact) mass is 417 g/mol. The maximum atomic E-state index is 12.4. The van der Waals surface area contributed by atoms with Crippen molar-refractivity contribution in [2.75, 3.05) is 0 Å². The molecule has 1 heterocycles. The summed E-state index contributed by atoms with van der Waals surface area (Å²) >= 11 is 14.4. The Bertz CT molecular complexity index is 324. The highest BCUT2D eigenvalue weighted by molar-refractivity contribution is 9.14. The molecule has 0 fully saturated rings. The Morgan fingerprint density at radius 3 is 2.08 bits per heavy atom. The highest BCUT2D eigenvalue weighted by Crippen LogP contribution is 2.45. The van der Waals surface area contributed by atoms with Gasteiger partial charge in [0.15, 0.2) is 0 Å². The Morgan fingerprint density at radius 2 is 1.77 bits per heavy atom. The Balaban J connectivity index is 2.97. The van der Waals surface area contributed by atoms with Crippen LogP contribution in [-0.4, -0.2) is 9.70 Å². The quantitative estimate of drug-likeness (QED) is 0.515. The van der Waals surface area contributed by atoms with Crippen molar-refractivity contribution in [3.8, 4) is 0 Å². The Kier molecular flexibility index (Phi) is 4.14. The van der Waals surface area contributed by atoms with Gasteiger partial charge in [0.25, 0.3) is 0 Å². The van der Waals surface area contributed by atoms with Crippen LogP contribution in [0.1, 0.15) is 0 Å². The van der Waals surface area contributed by atoms with Gasteiger partial charge in [-0.1, -0.05) is 0 Å². The summed E-state index contributed by atoms with van der Waals surface area (Å²) in [5.74, 6) is 0. The van der Waals surface area contributed by atoms with Crippen LogP contribution in [0.15, 0.2) is 18.6 Å². The van der Waals surface area contributed by atoms with Gasteiger partial charge in [0, 0.05) is 0 Å². The predicted molar refractivity (Wildman–Crippen MR) is 60.5 cm³/mol. The molecule has 0 aliphatic carbocycles. The van der Waals surface area contributed by atoms with Gasteiger partial charge in [-0.25, -0.2) is 0 Å². The molecule has 0 saturated heterocycles. The predicted octanol–water partition coefficient (Wildman–Crippen LogP) is 5.18. The molecule has 1 N–H and O–H groups in total. The van der Waals surface area contributed by atoms with Crippen molar-refractivity contribution in [1.29, 1.82) is 0 Å². The van der Waals surface area contributed by atoms with Gasteiger partial charge in [-0.05, 0) is 71.2 Å². The van der Waals surface area contributed by atoms with Gasteiger partial charge in [0.1, 0.15) is 0 Å². The fourth-order valence-corrected chi connectivity index (χ4v) is 3.16. The lowest BCUT2D eigenvalue weighted by Gasteiger charge is -2.04. The molecule has 0 atom stereocenters. The number of nitrogens with one attached hydrogen (secondary N) is 1. The summed E-state index contributed by atoms with van der Waals surface area (Å²) in [7, 11) is 0. The van der Waals surface area contributed by atoms with Crippen LogP contribution in [0.25, 0.3) is 0 Å². The van der Waals surface area contributed by atoms with Crippen LogP contribution >= 0.6 is 71.2 Å². The zero-order valence-electron chi connectivity index (χ0n) is 5.68. The average molecular weight is 420 g/mol. The third-order valence-electron chi connectivity index (χ3n) is 1.03. The second-order valence-electron chi connectivity index (χ2n) is 1.94. The molecule has 1 rings (SSSR count). The molecule has 0 aliphatic heterocycles. The van der Waals surface area contributed by atoms with Crippen LogP contribution in [0.3, 0.4) is 0 Å². The highest BCUT2D eigenvalue weighted by atomic mass is 79.9. The summed E-state index contributed by atoms with van der Waals surface area (Å²) in [6, 6.07) is 0. The number of hydrogen-bond donors (Lipinski definition) is 1. The van der Waals surface area contributed by atoms with Crippen LogP contribution in [0.2, 0.25) is 0 Å². The van der Waals surface area contributed by atoms with E-state index in [4.69, 9.17) is 11.6 Å². The number of aromatic amines is 1. The van der Waals surface area contributed by atoms with E-state index in [1.165, 1.54) is 0 Å². The van der Waals surface area contributed by atoms with Crippen LogP contribution in [0.4, 0.5) is 8.78 Å². The van der Waals surface area contributed by atoms with Gasteiger partial charge < -0.3 is 4.98 Å². The van der Waals surface area contributed by atoms with Crippen LogP contribution in [0.5, 0.6) is 0 Å². The molecule has 0 bridgehead atoms. The van der Waals surface area contributed by atoms with Crippen LogP contribution < -0.4 is 0 Å². The molecule has 0 saturated carbocycles. The summed E-state index contributed by atoms with van der Waals surface area (Å²) in [6.45, 7) is 0. The molecule has 13 heavy (non-hydrogen) atoms. The average Bonchev–Trinajstić information content (AvgIpc) is 2.15. The number of aromatic nitrogens is 1. The van der Waals surface area contributed by atoms with E-state index in [-0.39, 0.29) is 16.8 Å². The molecule has 0 spiro atoms. The maximum absolute atomic E-state index is 12.4. The minimum absolute atomic E-state index is 0.232. The van der Waals surface area contributed by atoms with Crippen molar-refractivity contribution in [2.24, 2.45) is 0 Å². The molecule has 1 aromatic rings. The number of H-pyrrole nitrogens is 1. The van der Waals surface area contributed by atoms with Gasteiger partial charge in [0.2, 0.25) is 0 Å². The summed E-state index contributed by atoms with van der Waals surface area (Å²) in [6.07, 6.45) is 0. The van der Waals surface area contributed by atoms with E-state index in [1.54, 1.807) is 0 Å². The Morgan fingerprint density at radius 1 is 1.23 bits per heavy atom. The van der Waals surface area contributed by atoms with Gasteiger partial charge in [-0.15, -0.1) is 0 Å². The van der Waals surface area contributed by atoms with Gasteiger partial charge in [-0.2, -0.15) is 8.78 Å². The molecule has 74 valence electrons. The zero-order chi connectivity index (χ0) is 10.2. The first-order valence-electron chi connectivity index (χ1n) is 2.79. The van der Waals surface area contributed by atoms with Crippen molar-refractivity contribution in [3.05, 3.63) is 13.5 Å². The first-order valence-corrected chi connectivity index (χ1v) is 6.37. The first kappa shape index (κ1) is 12.3. The SMILES string of the molecule is FC(F)(Cl)Sc1[nH]c(Br)c(Br)c1Br. The summed E-state index contributed by atoms with van der Waals surface area (Å²) < 4.78 is 23.2. The summed E-state index contributed by atoms with van der Waals surface area (Å²) in [5, 5.41) is 0.263. The third kappa shape index (κ3) is 3.37. The highest BCUT2D eigenvalue weighted by Gasteiger charge is 2.29. The maximum Gasteiger partial charge on any atom is 0.377 e. The molecule has 1 aromatic heterocycles. The van der Waals surface area contributed by atoms with Crippen LogP contribution in [-0.2, 0) is 0 Å². The van der Waals surface area contributed by atoms with E-state index in [0.29, 0.717) is 13.5 Å². The Hall–Kier alpha value is 1.22. The van der Waals surface area contributed by atoms with Crippen molar-refractivity contribution in [1.82, 2.24) is 4.98 Å². The topological polar surface area (TPSA) is 15.8 Å². The molecule has 0 radical (unpaired) electrons. The third-order valence-corrected chi connectivity index (χ3v) is 5.51. The molecule has 8 heteroatoms. The fraction of sp³-hybridized carbons (Fsp3) is 0.200. The van der Waals surface area contributed by atoms with E-state index in [0.717, 1.165) is 0 Å². The normalized spacial score (nSPS) is 12.2. The molecular weight excluding hydrogens is 419 g/mol. The van der Waals surface area contributed by atoms with Gasteiger partial charge in [-0.3, -0.25) is 0 Å². The lowest BCUT2D eigenvalue weighted by Crippen LogP contribution is -1.97. The smallest absolute Gasteiger partial charge is 0.342 e. The lowest BCUT2D eigenvalue weighted by molar-refractivity contribution is 0.203. The second kappa shape index (κ2) is 4.38. The summed E-state index contributed by atoms with van der Waals surface area (Å²) in [5.41, 5.74) is 0. The van der Waals surface area contributed by atoms with Crippen LogP contribution in [0, 0.1) is 0 Å². The zero-order valence-corrected chi connectivity index (χ0v) is 12.0. The molecule has 0 unspecified atom stereocenters. The van der Waals surface area contributed by atoms with Gasteiger partial charge >= 0.3 is 4.71 Å². The van der Waals surface area contributed by atoms with Crippen molar-refractivity contribution >= 4 is 71.2 Å². The van der Waals surface area contributed by atoms with Crippen molar-refractivity contribution in [3.63, 3.8) is 0 Å². The summed E-state index contributed by atoms with van der Waals surface area (Å²) in [4.78, 5) is 2.69. The van der Waals surface area contributed by atoms with E-state index < -0.39 is 4.71 Å². The molecule has 0 aromatic carbocycles. The first-order chi connectivity index (χ1) is 5.81. The van der Waals surface area contributed by atoms with E-state index in [9.17, 15) is 8.78 Å². The van der Waals surface area contributed by atoms with Crippen molar-refractivity contribution in [2.45, 2.75) is 9.74 Å². The molecule has 0 aliphatic rings. The largest absolute Gasteiger partial charge is 0.377 e. The fourth-order valence-electron chi connectivity index (χ4n) is 0.591. The van der Waals surface area contributed by atoms with E-state index in [2.05, 4.69) is 52.8 Å². The minimum Gasteiger partial charge on any atom is -0.342 e. The molecule has 1 nitrogen and oxygen atoms in total. The number of alkyl halides is 3. The van der Waals surface area contributed by atoms with Crippen molar-refractivity contribution < 1.29 is 8.78 Å². The Labute approximate surface area is 107 Å². The van der Waals surface area contributed by atoms with E-state index >= 15 is 0 Å². The minimum atomic E-state index is -3.31. The number of halogens is 6. The lowest BCUT2D eigenvalue weighted by atomic mass is 10.7. The number of rotatable bonds is 2. The molecule has 0 amide bonds. The van der Waals surface area contributed by atoms with E-state index in [1.807, 2.05) is 0 Å². The standard InChI is InChI=1S/C5HBr3ClF2NS/c6-1-2(7)4(12-3(1)8)13-5(9,10)11/h12H. The number of hydrogen-bond acceptors (Lipinski definition) is 1. The second-order valence-corrected chi connectivity index (χ2v) is 6.15. The number of thioether (sulfide) groups is 1. The van der Waals surface area contributed by atoms with Gasteiger partial charge in [0.05, 0.1) is 18.6 Å². The molecular formula is C5HBr3ClF2NS.